The normalized spacial score (nSPS) is 11.0. The van der Waals surface area contributed by atoms with Gasteiger partial charge in [0, 0.05) is 18.0 Å². The number of ketones is 1. The van der Waals surface area contributed by atoms with Crippen LogP contribution in [0.2, 0.25) is 0 Å². The minimum Gasteiger partial charge on any atom is -0.294 e. The Kier molecular flexibility index (Phi) is 3.34. The zero-order chi connectivity index (χ0) is 15.0. The summed E-state index contributed by atoms with van der Waals surface area (Å²) in [5.74, 6) is 0.116. The van der Waals surface area contributed by atoms with Crippen molar-refractivity contribution in [1.29, 1.82) is 0 Å². The molecule has 0 unspecified atom stereocenters. The number of benzene rings is 2. The number of carbonyl (C=O) groups excluding carboxylic acids is 1. The summed E-state index contributed by atoms with van der Waals surface area (Å²) in [6.07, 6.45) is 0.338. The molecular formula is C18H18N2O. The van der Waals surface area contributed by atoms with Crippen LogP contribution < -0.4 is 0 Å². The van der Waals surface area contributed by atoms with Gasteiger partial charge in [-0.15, -0.1) is 0 Å². The van der Waals surface area contributed by atoms with Gasteiger partial charge in [-0.05, 0) is 32.0 Å². The second-order valence-electron chi connectivity index (χ2n) is 5.56. The van der Waals surface area contributed by atoms with Crippen LogP contribution in [-0.2, 0) is 13.5 Å². The van der Waals surface area contributed by atoms with E-state index in [1.807, 2.05) is 62.0 Å². The zero-order valence-electron chi connectivity index (χ0n) is 12.6. The van der Waals surface area contributed by atoms with Crippen molar-refractivity contribution in [3.8, 4) is 0 Å². The molecule has 106 valence electrons. The molecule has 21 heavy (non-hydrogen) atoms. The van der Waals surface area contributed by atoms with Gasteiger partial charge >= 0.3 is 0 Å². The highest BCUT2D eigenvalue weighted by atomic mass is 16.1. The fourth-order valence-corrected chi connectivity index (χ4v) is 2.81. The molecule has 0 aliphatic carbocycles. The van der Waals surface area contributed by atoms with Gasteiger partial charge in [0.05, 0.1) is 17.6 Å². The highest BCUT2D eigenvalue weighted by molar-refractivity contribution is 5.99. The lowest BCUT2D eigenvalue weighted by atomic mass is 10.0. The van der Waals surface area contributed by atoms with E-state index >= 15 is 0 Å². The Labute approximate surface area is 124 Å². The molecule has 0 fully saturated rings. The van der Waals surface area contributed by atoms with Crippen LogP contribution in [0.3, 0.4) is 0 Å². The molecule has 1 aromatic heterocycles. The van der Waals surface area contributed by atoms with Gasteiger partial charge in [-0.25, -0.2) is 0 Å². The summed E-state index contributed by atoms with van der Waals surface area (Å²) >= 11 is 0. The van der Waals surface area contributed by atoms with Gasteiger partial charge in [-0.3, -0.25) is 9.48 Å². The van der Waals surface area contributed by atoms with E-state index in [0.29, 0.717) is 6.42 Å². The first-order valence-electron chi connectivity index (χ1n) is 7.07. The van der Waals surface area contributed by atoms with Crippen LogP contribution in [0.1, 0.15) is 27.2 Å². The quantitative estimate of drug-likeness (QED) is 0.686. The van der Waals surface area contributed by atoms with Gasteiger partial charge in [0.25, 0.3) is 0 Å². The first-order valence-corrected chi connectivity index (χ1v) is 7.07. The molecule has 0 amide bonds. The Hall–Kier alpha value is -2.42. The number of aromatic nitrogens is 2. The predicted molar refractivity (Wildman–Crippen MR) is 84.7 cm³/mol. The number of para-hydroxylation sites is 1. The Balaban J connectivity index is 1.96. The lowest BCUT2D eigenvalue weighted by Gasteiger charge is -2.03. The molecule has 0 radical (unpaired) electrons. The first kappa shape index (κ1) is 13.6. The molecule has 3 nitrogen and oxygen atoms in total. The zero-order valence-corrected chi connectivity index (χ0v) is 12.6. The van der Waals surface area contributed by atoms with Crippen LogP contribution in [0.4, 0.5) is 0 Å². The summed E-state index contributed by atoms with van der Waals surface area (Å²) in [7, 11) is 1.91. The summed E-state index contributed by atoms with van der Waals surface area (Å²) in [4.78, 5) is 12.5. The van der Waals surface area contributed by atoms with Crippen LogP contribution in [0.15, 0.2) is 42.5 Å². The van der Waals surface area contributed by atoms with Gasteiger partial charge in [0.1, 0.15) is 0 Å². The number of fused-ring (bicyclic) bond motifs is 1. The molecule has 1 heterocycles. The van der Waals surface area contributed by atoms with Gasteiger partial charge in [0.2, 0.25) is 0 Å². The van der Waals surface area contributed by atoms with Gasteiger partial charge in [-0.1, -0.05) is 35.4 Å². The molecule has 2 aromatic carbocycles. The number of hydrogen-bond acceptors (Lipinski definition) is 2. The fraction of sp³-hybridized carbons (Fsp3) is 0.222. The molecule has 0 aliphatic rings. The Bertz CT molecular complexity index is 810. The average molecular weight is 278 g/mol. The molecule has 0 aliphatic heterocycles. The molecule has 0 saturated carbocycles. The van der Waals surface area contributed by atoms with E-state index in [1.54, 1.807) is 0 Å². The molecule has 0 spiro atoms. The monoisotopic (exact) mass is 278 g/mol. The largest absolute Gasteiger partial charge is 0.294 e. The van der Waals surface area contributed by atoms with Crippen molar-refractivity contribution in [3.63, 3.8) is 0 Å². The summed E-state index contributed by atoms with van der Waals surface area (Å²) in [5.41, 5.74) is 4.90. The minimum absolute atomic E-state index is 0.116. The second kappa shape index (κ2) is 5.17. The maximum Gasteiger partial charge on any atom is 0.168 e. The van der Waals surface area contributed by atoms with E-state index in [4.69, 9.17) is 0 Å². The molecule has 0 bridgehead atoms. The van der Waals surface area contributed by atoms with Crippen LogP contribution in [0.5, 0.6) is 0 Å². The summed E-state index contributed by atoms with van der Waals surface area (Å²) in [6, 6.07) is 14.0. The van der Waals surface area contributed by atoms with E-state index in [1.165, 1.54) is 0 Å². The van der Waals surface area contributed by atoms with Crippen molar-refractivity contribution in [3.05, 3.63) is 64.8 Å². The summed E-state index contributed by atoms with van der Waals surface area (Å²) in [5, 5.41) is 5.55. The van der Waals surface area contributed by atoms with Crippen molar-refractivity contribution in [2.45, 2.75) is 20.3 Å². The Morgan fingerprint density at radius 1 is 1.10 bits per heavy atom. The van der Waals surface area contributed by atoms with Crippen molar-refractivity contribution in [2.75, 3.05) is 0 Å². The summed E-state index contributed by atoms with van der Waals surface area (Å²) in [6.45, 7) is 4.03. The Morgan fingerprint density at radius 3 is 2.48 bits per heavy atom. The highest BCUT2D eigenvalue weighted by Crippen LogP contribution is 2.19. The number of carbonyl (C=O) groups is 1. The van der Waals surface area contributed by atoms with Crippen LogP contribution in [0.25, 0.3) is 10.9 Å². The fourth-order valence-electron chi connectivity index (χ4n) is 2.81. The minimum atomic E-state index is 0.116. The third-order valence-electron chi connectivity index (χ3n) is 3.71. The number of hydrogen-bond donors (Lipinski definition) is 0. The molecule has 0 N–H and O–H groups in total. The highest BCUT2D eigenvalue weighted by Gasteiger charge is 2.14. The average Bonchev–Trinajstić information content (AvgIpc) is 2.75. The topological polar surface area (TPSA) is 34.9 Å². The lowest BCUT2D eigenvalue weighted by Crippen LogP contribution is -2.05. The lowest BCUT2D eigenvalue weighted by molar-refractivity contribution is 0.0992. The van der Waals surface area contributed by atoms with E-state index in [9.17, 15) is 4.79 Å². The summed E-state index contributed by atoms with van der Waals surface area (Å²) < 4.78 is 1.83. The van der Waals surface area contributed by atoms with Gasteiger partial charge in [-0.2, -0.15) is 5.10 Å². The maximum absolute atomic E-state index is 12.5. The predicted octanol–water partition coefficient (Wildman–Crippen LogP) is 3.62. The van der Waals surface area contributed by atoms with Crippen molar-refractivity contribution in [2.24, 2.45) is 7.05 Å². The van der Waals surface area contributed by atoms with E-state index in [2.05, 4.69) is 11.2 Å². The molecule has 0 atom stereocenters. The van der Waals surface area contributed by atoms with Gasteiger partial charge in [0.15, 0.2) is 5.78 Å². The molecule has 3 rings (SSSR count). The number of nitrogens with zero attached hydrogens (tertiary/aromatic N) is 2. The van der Waals surface area contributed by atoms with E-state index < -0.39 is 0 Å². The second-order valence-corrected chi connectivity index (χ2v) is 5.56. The molecular weight excluding hydrogens is 260 g/mol. The van der Waals surface area contributed by atoms with Gasteiger partial charge < -0.3 is 0 Å². The molecule has 3 heteroatoms. The van der Waals surface area contributed by atoms with Crippen LogP contribution >= 0.6 is 0 Å². The molecule has 3 aromatic rings. The first-order chi connectivity index (χ1) is 10.0. The van der Waals surface area contributed by atoms with Crippen LogP contribution in [0, 0.1) is 13.8 Å². The standard InChI is InChI=1S/C18H18N2O/c1-12-8-13(2)10-14(9-12)18(21)11-16-15-6-4-5-7-17(15)20(3)19-16/h4-10H,11H2,1-3H3. The van der Waals surface area contributed by atoms with Crippen molar-refractivity contribution < 1.29 is 4.79 Å². The Morgan fingerprint density at radius 2 is 1.76 bits per heavy atom. The van der Waals surface area contributed by atoms with E-state index in [-0.39, 0.29) is 5.78 Å². The third-order valence-corrected chi connectivity index (χ3v) is 3.71. The third kappa shape index (κ3) is 2.59. The molecule has 0 saturated heterocycles. The maximum atomic E-state index is 12.5. The smallest absolute Gasteiger partial charge is 0.168 e. The van der Waals surface area contributed by atoms with Crippen molar-refractivity contribution >= 4 is 16.7 Å². The van der Waals surface area contributed by atoms with E-state index in [0.717, 1.165) is 33.3 Å². The number of aryl methyl sites for hydroxylation is 3. The number of Topliss-reactive ketones (excluding diaryl/α,β-unsaturated/α-hetero) is 1. The van der Waals surface area contributed by atoms with Crippen molar-refractivity contribution in [1.82, 2.24) is 9.78 Å². The SMILES string of the molecule is Cc1cc(C)cc(C(=O)Cc2nn(C)c3ccccc23)c1. The number of rotatable bonds is 3. The van der Waals surface area contributed by atoms with Crippen LogP contribution in [-0.4, -0.2) is 15.6 Å².